The second-order valence-electron chi connectivity index (χ2n) is 4.89. The fraction of sp³-hybridized carbons (Fsp3) is 0.400. The first-order chi connectivity index (χ1) is 9.61. The van der Waals surface area contributed by atoms with E-state index in [4.69, 9.17) is 11.6 Å². The number of benzene rings is 1. The van der Waals surface area contributed by atoms with Gasteiger partial charge in [-0.1, -0.05) is 24.6 Å². The number of hydrogen-bond donors (Lipinski definition) is 1. The Balaban J connectivity index is 2.19. The Morgan fingerprint density at radius 3 is 2.85 bits per heavy atom. The monoisotopic (exact) mass is 295 g/mol. The predicted octanol–water partition coefficient (Wildman–Crippen LogP) is 3.50. The van der Waals surface area contributed by atoms with E-state index in [2.05, 4.69) is 17.2 Å². The van der Waals surface area contributed by atoms with Gasteiger partial charge in [0.25, 0.3) is 0 Å². The van der Waals surface area contributed by atoms with Gasteiger partial charge in [-0.15, -0.1) is 0 Å². The molecule has 0 aliphatic carbocycles. The maximum Gasteiger partial charge on any atom is 0.141 e. The van der Waals surface area contributed by atoms with Crippen molar-refractivity contribution in [3.63, 3.8) is 0 Å². The summed E-state index contributed by atoms with van der Waals surface area (Å²) in [6, 6.07) is 5.02. The van der Waals surface area contributed by atoms with Crippen molar-refractivity contribution >= 4 is 11.6 Å². The summed E-state index contributed by atoms with van der Waals surface area (Å²) in [7, 11) is 1.97. The largest absolute Gasteiger partial charge is 0.336 e. The normalized spacial score (nSPS) is 12.6. The van der Waals surface area contributed by atoms with Crippen LogP contribution in [0.3, 0.4) is 0 Å². The molecule has 0 aliphatic heterocycles. The number of nitrogens with one attached hydrogen (secondary N) is 1. The van der Waals surface area contributed by atoms with Gasteiger partial charge in [0.05, 0.1) is 23.1 Å². The average molecular weight is 296 g/mol. The van der Waals surface area contributed by atoms with Crippen molar-refractivity contribution in [2.45, 2.75) is 25.8 Å². The van der Waals surface area contributed by atoms with Gasteiger partial charge in [-0.2, -0.15) is 0 Å². The molecule has 0 fully saturated rings. The molecular weight excluding hydrogens is 277 g/mol. The van der Waals surface area contributed by atoms with E-state index < -0.39 is 0 Å². The zero-order valence-corrected chi connectivity index (χ0v) is 12.5. The van der Waals surface area contributed by atoms with Crippen molar-refractivity contribution in [2.24, 2.45) is 7.05 Å². The van der Waals surface area contributed by atoms with E-state index in [1.54, 1.807) is 18.5 Å². The van der Waals surface area contributed by atoms with Crippen LogP contribution in [0.4, 0.5) is 4.39 Å². The number of imidazole rings is 1. The third-order valence-corrected chi connectivity index (χ3v) is 3.57. The quantitative estimate of drug-likeness (QED) is 0.884. The molecule has 0 saturated carbocycles. The lowest BCUT2D eigenvalue weighted by atomic mass is 10.0. The first-order valence-electron chi connectivity index (χ1n) is 6.75. The van der Waals surface area contributed by atoms with E-state index in [0.29, 0.717) is 0 Å². The topological polar surface area (TPSA) is 29.9 Å². The van der Waals surface area contributed by atoms with Crippen LogP contribution in [0.5, 0.6) is 0 Å². The van der Waals surface area contributed by atoms with Gasteiger partial charge in [0, 0.05) is 13.2 Å². The van der Waals surface area contributed by atoms with Gasteiger partial charge in [0.15, 0.2) is 0 Å². The molecule has 3 nitrogen and oxygen atoms in total. The minimum absolute atomic E-state index is 0.143. The van der Waals surface area contributed by atoms with Gasteiger partial charge in [0.1, 0.15) is 5.82 Å². The van der Waals surface area contributed by atoms with E-state index in [-0.39, 0.29) is 16.9 Å². The molecule has 0 spiro atoms. The number of hydrogen-bond acceptors (Lipinski definition) is 2. The first kappa shape index (κ1) is 15.0. The molecule has 5 heteroatoms. The number of rotatable bonds is 6. The third-order valence-electron chi connectivity index (χ3n) is 3.28. The Hall–Kier alpha value is -1.39. The van der Waals surface area contributed by atoms with Crippen LogP contribution in [0.15, 0.2) is 30.7 Å². The van der Waals surface area contributed by atoms with Crippen LogP contribution in [-0.2, 0) is 13.5 Å². The van der Waals surface area contributed by atoms with Gasteiger partial charge in [-0.05, 0) is 37.1 Å². The fourth-order valence-electron chi connectivity index (χ4n) is 2.21. The van der Waals surface area contributed by atoms with Crippen molar-refractivity contribution in [3.05, 3.63) is 52.8 Å². The molecule has 0 amide bonds. The minimum Gasteiger partial charge on any atom is -0.336 e. The summed E-state index contributed by atoms with van der Waals surface area (Å²) in [6.07, 6.45) is 5.45. The standard InChI is InChI=1S/C15H19ClFN3/c1-3-6-19-14(15-9-18-10-20(15)2)8-11-4-5-13(17)12(16)7-11/h4-5,7,9-10,14,19H,3,6,8H2,1-2H3. The lowest BCUT2D eigenvalue weighted by molar-refractivity contribution is 0.503. The van der Waals surface area contributed by atoms with E-state index >= 15 is 0 Å². The second kappa shape index (κ2) is 6.86. The van der Waals surface area contributed by atoms with E-state index in [1.165, 1.54) is 6.07 Å². The lowest BCUT2D eigenvalue weighted by Gasteiger charge is -2.19. The molecule has 1 aromatic heterocycles. The Labute approximate surface area is 123 Å². The predicted molar refractivity (Wildman–Crippen MR) is 79.4 cm³/mol. The van der Waals surface area contributed by atoms with Gasteiger partial charge in [0.2, 0.25) is 0 Å². The maximum absolute atomic E-state index is 13.2. The average Bonchev–Trinajstić information content (AvgIpc) is 2.85. The summed E-state index contributed by atoms with van der Waals surface area (Å²) in [5.74, 6) is -0.381. The number of aryl methyl sites for hydroxylation is 1. The Kier molecular flexibility index (Phi) is 5.15. The molecule has 0 aliphatic rings. The first-order valence-corrected chi connectivity index (χ1v) is 7.13. The van der Waals surface area contributed by atoms with Crippen LogP contribution in [-0.4, -0.2) is 16.1 Å². The summed E-state index contributed by atoms with van der Waals surface area (Å²) >= 11 is 5.84. The Morgan fingerprint density at radius 1 is 1.45 bits per heavy atom. The Morgan fingerprint density at radius 2 is 2.25 bits per heavy atom. The molecule has 1 unspecified atom stereocenters. The highest BCUT2D eigenvalue weighted by Crippen LogP contribution is 2.22. The molecule has 2 aromatic rings. The van der Waals surface area contributed by atoms with Crippen LogP contribution >= 0.6 is 11.6 Å². The summed E-state index contributed by atoms with van der Waals surface area (Å²) in [4.78, 5) is 4.16. The van der Waals surface area contributed by atoms with Crippen molar-refractivity contribution < 1.29 is 4.39 Å². The van der Waals surface area contributed by atoms with Crippen LogP contribution in [0.2, 0.25) is 5.02 Å². The number of halogens is 2. The molecule has 0 radical (unpaired) electrons. The zero-order chi connectivity index (χ0) is 14.5. The molecule has 20 heavy (non-hydrogen) atoms. The van der Waals surface area contributed by atoms with Gasteiger partial charge in [-0.25, -0.2) is 9.37 Å². The molecule has 108 valence electrons. The van der Waals surface area contributed by atoms with Gasteiger partial charge >= 0.3 is 0 Å². The summed E-state index contributed by atoms with van der Waals surface area (Å²) in [6.45, 7) is 3.05. The number of aromatic nitrogens is 2. The second-order valence-corrected chi connectivity index (χ2v) is 5.30. The summed E-state index contributed by atoms with van der Waals surface area (Å²) in [5, 5.41) is 3.67. The molecule has 0 saturated heterocycles. The SMILES string of the molecule is CCCNC(Cc1ccc(F)c(Cl)c1)c1cncn1C. The molecule has 1 atom stereocenters. The minimum atomic E-state index is -0.381. The van der Waals surface area contributed by atoms with Crippen molar-refractivity contribution in [1.29, 1.82) is 0 Å². The molecule has 2 rings (SSSR count). The van der Waals surface area contributed by atoms with Crippen molar-refractivity contribution in [1.82, 2.24) is 14.9 Å². The van der Waals surface area contributed by atoms with Gasteiger partial charge in [-0.3, -0.25) is 0 Å². The van der Waals surface area contributed by atoms with E-state index in [9.17, 15) is 4.39 Å². The highest BCUT2D eigenvalue weighted by molar-refractivity contribution is 6.30. The van der Waals surface area contributed by atoms with Crippen LogP contribution in [0, 0.1) is 5.82 Å². The molecule has 1 N–H and O–H groups in total. The molecular formula is C15H19ClFN3. The van der Waals surface area contributed by atoms with Crippen LogP contribution in [0.25, 0.3) is 0 Å². The maximum atomic E-state index is 13.2. The molecule has 0 bridgehead atoms. The van der Waals surface area contributed by atoms with Crippen LogP contribution in [0.1, 0.15) is 30.6 Å². The summed E-state index contributed by atoms with van der Waals surface area (Å²) < 4.78 is 15.2. The molecule has 1 aromatic carbocycles. The summed E-state index contributed by atoms with van der Waals surface area (Å²) in [5.41, 5.74) is 2.12. The smallest absolute Gasteiger partial charge is 0.141 e. The zero-order valence-electron chi connectivity index (χ0n) is 11.7. The lowest BCUT2D eigenvalue weighted by Crippen LogP contribution is -2.25. The van der Waals surface area contributed by atoms with Crippen molar-refractivity contribution in [3.8, 4) is 0 Å². The highest BCUT2D eigenvalue weighted by atomic mass is 35.5. The highest BCUT2D eigenvalue weighted by Gasteiger charge is 2.15. The van der Waals surface area contributed by atoms with Crippen LogP contribution < -0.4 is 5.32 Å². The third kappa shape index (κ3) is 3.58. The number of nitrogens with zero attached hydrogens (tertiary/aromatic N) is 2. The van der Waals surface area contributed by atoms with Crippen molar-refractivity contribution in [2.75, 3.05) is 6.54 Å². The fourth-order valence-corrected chi connectivity index (χ4v) is 2.41. The molecule has 1 heterocycles. The van der Waals surface area contributed by atoms with E-state index in [1.807, 2.05) is 17.8 Å². The van der Waals surface area contributed by atoms with E-state index in [0.717, 1.165) is 30.6 Å². The Bertz CT molecular complexity index is 568. The van der Waals surface area contributed by atoms with Gasteiger partial charge < -0.3 is 9.88 Å².